The van der Waals surface area contributed by atoms with Gasteiger partial charge in [-0.05, 0) is 97.6 Å². The fraction of sp³-hybridized carbons (Fsp3) is 0.725. The lowest BCUT2D eigenvalue weighted by Crippen LogP contribution is -2.29. The third-order valence-corrected chi connectivity index (χ3v) is 11.0. The van der Waals surface area contributed by atoms with Gasteiger partial charge in [0, 0.05) is 19.4 Å². The lowest BCUT2D eigenvalue weighted by Gasteiger charge is -2.20. The van der Waals surface area contributed by atoms with E-state index in [9.17, 15) is 19.0 Å². The first-order chi connectivity index (χ1) is 29.7. The van der Waals surface area contributed by atoms with Gasteiger partial charge in [0.25, 0.3) is 0 Å². The van der Waals surface area contributed by atoms with Crippen molar-refractivity contribution in [2.75, 3.05) is 40.5 Å². The molecule has 0 spiro atoms. The molecule has 0 aliphatic carbocycles. The number of phosphoric acid groups is 1. The predicted molar refractivity (Wildman–Crippen MR) is 257 cm³/mol. The maximum absolute atomic E-state index is 12.7. The first-order valence-corrected chi connectivity index (χ1v) is 25.7. The molecule has 0 heterocycles. The van der Waals surface area contributed by atoms with Crippen LogP contribution in [0, 0.1) is 0 Å². The summed E-state index contributed by atoms with van der Waals surface area (Å²) in [6.45, 7) is 4.17. The predicted octanol–water partition coefficient (Wildman–Crippen LogP) is 14.4. The van der Waals surface area contributed by atoms with Crippen LogP contribution >= 0.6 is 7.82 Å². The van der Waals surface area contributed by atoms with E-state index in [2.05, 4.69) is 86.8 Å². The second kappa shape index (κ2) is 45.5. The van der Waals surface area contributed by atoms with Crippen molar-refractivity contribution in [3.05, 3.63) is 72.9 Å². The molecule has 1 N–H and O–H groups in total. The first-order valence-electron chi connectivity index (χ1n) is 24.2. The minimum Gasteiger partial charge on any atom is -0.462 e. The number of esters is 2. The summed E-state index contributed by atoms with van der Waals surface area (Å²) in [5.41, 5.74) is 0. The van der Waals surface area contributed by atoms with E-state index in [1.54, 1.807) is 0 Å². The van der Waals surface area contributed by atoms with Crippen molar-refractivity contribution in [3.8, 4) is 0 Å². The fourth-order valence-electron chi connectivity index (χ4n) is 6.30. The van der Waals surface area contributed by atoms with Crippen molar-refractivity contribution < 1.29 is 37.6 Å². The molecule has 0 rings (SSSR count). The monoisotopic (exact) mass is 876 g/mol. The Balaban J connectivity index is 4.30. The number of ether oxygens (including phenoxy) is 2. The Labute approximate surface area is 374 Å². The van der Waals surface area contributed by atoms with Crippen molar-refractivity contribution in [3.63, 3.8) is 0 Å². The van der Waals surface area contributed by atoms with E-state index >= 15 is 0 Å². The van der Waals surface area contributed by atoms with Crippen LogP contribution in [0.3, 0.4) is 0 Å². The van der Waals surface area contributed by atoms with Crippen molar-refractivity contribution in [2.45, 2.75) is 200 Å². The molecule has 0 bridgehead atoms. The zero-order valence-electron chi connectivity index (χ0n) is 39.3. The summed E-state index contributed by atoms with van der Waals surface area (Å²) in [5, 5.41) is 0. The van der Waals surface area contributed by atoms with E-state index in [-0.39, 0.29) is 32.0 Å². The Kier molecular flexibility index (Phi) is 43.6. The number of hydrogen-bond donors (Lipinski definition) is 1. The molecule has 61 heavy (non-hydrogen) atoms. The second-order valence-electron chi connectivity index (χ2n) is 16.3. The van der Waals surface area contributed by atoms with Crippen LogP contribution in [0.2, 0.25) is 0 Å². The summed E-state index contributed by atoms with van der Waals surface area (Å²) in [6.07, 6.45) is 55.2. The quantitative estimate of drug-likeness (QED) is 0.0277. The van der Waals surface area contributed by atoms with Crippen LogP contribution in [-0.2, 0) is 32.7 Å². The molecule has 0 aliphatic rings. The molecule has 2 unspecified atom stereocenters. The largest absolute Gasteiger partial charge is 0.472 e. The lowest BCUT2D eigenvalue weighted by molar-refractivity contribution is -0.161. The summed E-state index contributed by atoms with van der Waals surface area (Å²) in [7, 11) is -0.738. The van der Waals surface area contributed by atoms with E-state index in [0.717, 1.165) is 70.6 Å². The molecule has 9 nitrogen and oxygen atoms in total. The summed E-state index contributed by atoms with van der Waals surface area (Å²) in [4.78, 5) is 37.1. The van der Waals surface area contributed by atoms with Crippen LogP contribution in [0.5, 0.6) is 0 Å². The molecule has 0 aliphatic heterocycles. The normalized spacial score (nSPS) is 13.9. The number of carbonyl (C=O) groups excluding carboxylic acids is 2. The number of likely N-dealkylation sites (N-methyl/N-ethyl adjacent to an activating group) is 1. The molecule has 10 heteroatoms. The van der Waals surface area contributed by atoms with Gasteiger partial charge in [-0.25, -0.2) is 4.57 Å². The van der Waals surface area contributed by atoms with E-state index in [4.69, 9.17) is 18.5 Å². The van der Waals surface area contributed by atoms with Gasteiger partial charge in [0.2, 0.25) is 0 Å². The summed E-state index contributed by atoms with van der Waals surface area (Å²) >= 11 is 0. The van der Waals surface area contributed by atoms with Gasteiger partial charge in [-0.2, -0.15) is 0 Å². The van der Waals surface area contributed by atoms with Gasteiger partial charge in [-0.1, -0.05) is 170 Å². The highest BCUT2D eigenvalue weighted by Crippen LogP contribution is 2.43. The fourth-order valence-corrected chi connectivity index (χ4v) is 7.04. The third-order valence-electron chi connectivity index (χ3n) is 10.00. The van der Waals surface area contributed by atoms with Crippen LogP contribution in [0.15, 0.2) is 72.9 Å². The molecule has 0 aromatic heterocycles. The second-order valence-corrected chi connectivity index (χ2v) is 17.7. The Morgan fingerprint density at radius 3 is 1.43 bits per heavy atom. The first kappa shape index (κ1) is 58.5. The number of rotatable bonds is 44. The molecule has 0 radical (unpaired) electrons. The maximum Gasteiger partial charge on any atom is 0.472 e. The number of phosphoric ester groups is 1. The Hall–Kier alpha value is -2.55. The summed E-state index contributed by atoms with van der Waals surface area (Å²) < 4.78 is 33.5. The van der Waals surface area contributed by atoms with Crippen LogP contribution in [0.25, 0.3) is 0 Å². The topological polar surface area (TPSA) is 112 Å². The van der Waals surface area contributed by atoms with Crippen LogP contribution < -0.4 is 0 Å². The molecule has 352 valence electrons. The average Bonchev–Trinajstić information content (AvgIpc) is 3.23. The highest BCUT2D eigenvalue weighted by Gasteiger charge is 2.26. The number of hydrogen-bond acceptors (Lipinski definition) is 8. The van der Waals surface area contributed by atoms with Gasteiger partial charge in [0.05, 0.1) is 13.2 Å². The summed E-state index contributed by atoms with van der Waals surface area (Å²) in [6, 6.07) is 0. The number of allylic oxidation sites excluding steroid dienone is 12. The smallest absolute Gasteiger partial charge is 0.462 e. The molecule has 0 saturated heterocycles. The van der Waals surface area contributed by atoms with Crippen molar-refractivity contribution in [1.29, 1.82) is 0 Å². The van der Waals surface area contributed by atoms with Crippen LogP contribution in [-0.4, -0.2) is 68.3 Å². The SMILES string of the molecule is CC/C=C\C/C=C\C/C=C\C/C=C\C/C=C\CCCCCC(=O)OC(COC(=O)CCCCCCCCCCC/C=C\CCCCCCCC)COP(=O)(O)OCCN(C)C. The molecular weight excluding hydrogens is 786 g/mol. The molecular formula is C51H90NO8P. The van der Waals surface area contributed by atoms with Crippen molar-refractivity contribution >= 4 is 19.8 Å². The number of nitrogens with zero attached hydrogens (tertiary/aromatic N) is 1. The summed E-state index contributed by atoms with van der Waals surface area (Å²) in [5.74, 6) is -0.844. The number of carbonyl (C=O) groups is 2. The third kappa shape index (κ3) is 46.8. The van der Waals surface area contributed by atoms with Gasteiger partial charge >= 0.3 is 19.8 Å². The minimum absolute atomic E-state index is 0.00288. The van der Waals surface area contributed by atoms with Crippen molar-refractivity contribution in [1.82, 2.24) is 4.90 Å². The number of unbranched alkanes of at least 4 members (excludes halogenated alkanes) is 18. The van der Waals surface area contributed by atoms with Gasteiger partial charge in [-0.15, -0.1) is 0 Å². The zero-order chi connectivity index (χ0) is 44.8. The molecule has 0 saturated carbocycles. The molecule has 2 atom stereocenters. The van der Waals surface area contributed by atoms with E-state index in [1.165, 1.54) is 89.9 Å². The highest BCUT2D eigenvalue weighted by molar-refractivity contribution is 7.47. The highest BCUT2D eigenvalue weighted by atomic mass is 31.2. The van der Waals surface area contributed by atoms with Crippen LogP contribution in [0.4, 0.5) is 0 Å². The lowest BCUT2D eigenvalue weighted by atomic mass is 10.1. The zero-order valence-corrected chi connectivity index (χ0v) is 40.2. The Morgan fingerprint density at radius 2 is 0.934 bits per heavy atom. The average molecular weight is 876 g/mol. The van der Waals surface area contributed by atoms with E-state index < -0.39 is 26.5 Å². The molecule has 0 aromatic rings. The molecule has 0 fully saturated rings. The minimum atomic E-state index is -4.38. The van der Waals surface area contributed by atoms with Gasteiger partial charge in [0.1, 0.15) is 6.61 Å². The van der Waals surface area contributed by atoms with Crippen LogP contribution in [0.1, 0.15) is 194 Å². The van der Waals surface area contributed by atoms with Gasteiger partial charge in [0.15, 0.2) is 6.10 Å². The Morgan fingerprint density at radius 1 is 0.525 bits per heavy atom. The molecule has 0 amide bonds. The molecule has 0 aromatic carbocycles. The van der Waals surface area contributed by atoms with Gasteiger partial charge < -0.3 is 19.3 Å². The van der Waals surface area contributed by atoms with E-state index in [1.807, 2.05) is 19.0 Å². The Bertz CT molecular complexity index is 1240. The standard InChI is InChI=1S/C51H90NO8P/c1-5-7-9-11-13-15-17-19-21-23-25-27-29-31-33-35-37-39-41-43-50(53)57-47-49(48-59-61(55,56)58-46-45-52(3)4)60-51(54)44-42-40-38-36-34-32-30-28-26-24-22-20-18-16-14-12-10-8-6-2/h8,10,14,16,19-22,26,28,32,34,49H,5-7,9,11-13,15,17-18,23-25,27,29-31,33,35-48H2,1-4H3,(H,55,56)/b10-8-,16-14-,21-19-,22-20-,28-26-,34-32-. The maximum atomic E-state index is 12.7. The van der Waals surface area contributed by atoms with E-state index in [0.29, 0.717) is 13.0 Å². The van der Waals surface area contributed by atoms with Crippen molar-refractivity contribution in [2.24, 2.45) is 0 Å². The van der Waals surface area contributed by atoms with Gasteiger partial charge in [-0.3, -0.25) is 18.6 Å².